The van der Waals surface area contributed by atoms with Crippen molar-refractivity contribution in [1.29, 1.82) is 0 Å². The number of rotatable bonds is 8. The van der Waals surface area contributed by atoms with Gasteiger partial charge in [-0.25, -0.2) is 13.1 Å². The number of nitro groups is 1. The molecule has 2 aromatic rings. The van der Waals surface area contributed by atoms with Crippen LogP contribution in [0.5, 0.6) is 0 Å². The van der Waals surface area contributed by atoms with E-state index in [1.54, 1.807) is 11.8 Å². The van der Waals surface area contributed by atoms with Crippen LogP contribution in [0.25, 0.3) is 0 Å². The minimum atomic E-state index is -3.88. The van der Waals surface area contributed by atoms with E-state index in [1.165, 1.54) is 24.3 Å². The smallest absolute Gasteiger partial charge is 0.258 e. The monoisotopic (exact) mass is 352 g/mol. The fourth-order valence-corrected chi connectivity index (χ4v) is 4.02. The largest absolute Gasteiger partial charge is 0.289 e. The molecule has 0 aromatic heterocycles. The summed E-state index contributed by atoms with van der Waals surface area (Å²) in [6.07, 6.45) is 0.624. The summed E-state index contributed by atoms with van der Waals surface area (Å²) in [6, 6.07) is 15.1. The maximum absolute atomic E-state index is 12.2. The van der Waals surface area contributed by atoms with Crippen LogP contribution >= 0.6 is 11.8 Å². The fourth-order valence-electron chi connectivity index (χ4n) is 1.90. The average molecular weight is 352 g/mol. The quantitative estimate of drug-likeness (QED) is 0.341. The van der Waals surface area contributed by atoms with Crippen molar-refractivity contribution in [2.75, 3.05) is 12.3 Å². The molecule has 23 heavy (non-hydrogen) atoms. The molecule has 0 saturated carbocycles. The Morgan fingerprint density at radius 2 is 1.70 bits per heavy atom. The van der Waals surface area contributed by atoms with Gasteiger partial charge in [-0.2, -0.15) is 0 Å². The zero-order chi connectivity index (χ0) is 16.7. The molecule has 0 aliphatic rings. The first-order valence-corrected chi connectivity index (χ1v) is 9.38. The van der Waals surface area contributed by atoms with Crippen molar-refractivity contribution >= 4 is 27.5 Å². The summed E-state index contributed by atoms with van der Waals surface area (Å²) < 4.78 is 26.7. The van der Waals surface area contributed by atoms with Crippen molar-refractivity contribution < 1.29 is 13.3 Å². The van der Waals surface area contributed by atoms with Gasteiger partial charge in [-0.15, -0.1) is 11.8 Å². The Morgan fingerprint density at radius 3 is 2.39 bits per heavy atom. The second-order valence-corrected chi connectivity index (χ2v) is 7.54. The lowest BCUT2D eigenvalue weighted by atomic mass is 10.3. The molecule has 0 unspecified atom stereocenters. The third-order valence-electron chi connectivity index (χ3n) is 2.98. The summed E-state index contributed by atoms with van der Waals surface area (Å²) in [6.45, 7) is 0.230. The Kier molecular flexibility index (Phi) is 6.14. The number of nitrogens with one attached hydrogen (secondary N) is 1. The van der Waals surface area contributed by atoms with Crippen molar-refractivity contribution in [3.63, 3.8) is 0 Å². The number of sulfonamides is 1. The van der Waals surface area contributed by atoms with E-state index in [0.717, 1.165) is 10.6 Å². The molecule has 8 heteroatoms. The van der Waals surface area contributed by atoms with Gasteiger partial charge in [-0.3, -0.25) is 10.1 Å². The van der Waals surface area contributed by atoms with Crippen molar-refractivity contribution in [2.45, 2.75) is 16.2 Å². The Bertz CT molecular complexity index is 764. The maximum Gasteiger partial charge on any atom is 0.289 e. The van der Waals surface area contributed by atoms with Crippen molar-refractivity contribution in [2.24, 2.45) is 0 Å². The molecule has 0 aliphatic carbocycles. The van der Waals surface area contributed by atoms with E-state index < -0.39 is 20.6 Å². The summed E-state index contributed by atoms with van der Waals surface area (Å²) in [5, 5.41) is 10.9. The summed E-state index contributed by atoms with van der Waals surface area (Å²) in [4.78, 5) is 11.0. The predicted octanol–water partition coefficient (Wildman–Crippen LogP) is 3.06. The molecular weight excluding hydrogens is 336 g/mol. The number of benzene rings is 2. The lowest BCUT2D eigenvalue weighted by Crippen LogP contribution is -2.25. The predicted molar refractivity (Wildman–Crippen MR) is 90.1 cm³/mol. The summed E-state index contributed by atoms with van der Waals surface area (Å²) in [5.41, 5.74) is -0.418. The van der Waals surface area contributed by atoms with Gasteiger partial charge in [0.15, 0.2) is 4.90 Å². The molecule has 0 heterocycles. The SMILES string of the molecule is O=[N+]([O-])c1ccccc1S(=O)(=O)NCCCSc1ccccc1. The average Bonchev–Trinajstić information content (AvgIpc) is 2.55. The van der Waals surface area contributed by atoms with Gasteiger partial charge >= 0.3 is 0 Å². The lowest BCUT2D eigenvalue weighted by Gasteiger charge is -2.07. The van der Waals surface area contributed by atoms with Gasteiger partial charge in [0, 0.05) is 17.5 Å². The molecule has 6 nitrogen and oxygen atoms in total. The Hall–Kier alpha value is -1.90. The van der Waals surface area contributed by atoms with Crippen LogP contribution in [0.3, 0.4) is 0 Å². The minimum absolute atomic E-state index is 0.230. The van der Waals surface area contributed by atoms with Crippen LogP contribution in [0.15, 0.2) is 64.4 Å². The molecule has 0 atom stereocenters. The van der Waals surface area contributed by atoms with Crippen LogP contribution in [0.1, 0.15) is 6.42 Å². The maximum atomic E-state index is 12.2. The molecule has 122 valence electrons. The van der Waals surface area contributed by atoms with Gasteiger partial charge in [0.05, 0.1) is 4.92 Å². The van der Waals surface area contributed by atoms with Gasteiger partial charge in [0.1, 0.15) is 0 Å². The van der Waals surface area contributed by atoms with Crippen molar-refractivity contribution in [3.8, 4) is 0 Å². The minimum Gasteiger partial charge on any atom is -0.258 e. The Morgan fingerprint density at radius 1 is 1.04 bits per heavy atom. The Balaban J connectivity index is 1.89. The van der Waals surface area contributed by atoms with Crippen LogP contribution in [-0.2, 0) is 10.0 Å². The van der Waals surface area contributed by atoms with Crippen LogP contribution in [0.4, 0.5) is 5.69 Å². The van der Waals surface area contributed by atoms with E-state index in [4.69, 9.17) is 0 Å². The summed E-state index contributed by atoms with van der Waals surface area (Å²) in [7, 11) is -3.88. The van der Waals surface area contributed by atoms with Gasteiger partial charge in [0.25, 0.3) is 5.69 Å². The summed E-state index contributed by atoms with van der Waals surface area (Å²) in [5.74, 6) is 0.753. The molecule has 0 radical (unpaired) electrons. The third kappa shape index (κ3) is 5.05. The van der Waals surface area contributed by atoms with Crippen LogP contribution in [0.2, 0.25) is 0 Å². The third-order valence-corrected chi connectivity index (χ3v) is 5.58. The first-order chi connectivity index (χ1) is 11.0. The normalized spacial score (nSPS) is 11.3. The molecule has 1 N–H and O–H groups in total. The molecule has 2 aromatic carbocycles. The molecule has 0 fully saturated rings. The van der Waals surface area contributed by atoms with E-state index in [0.29, 0.717) is 6.42 Å². The summed E-state index contributed by atoms with van der Waals surface area (Å²) >= 11 is 1.63. The molecule has 2 rings (SSSR count). The first kappa shape index (κ1) is 17.5. The van der Waals surface area contributed by atoms with Gasteiger partial charge in [0.2, 0.25) is 10.0 Å². The van der Waals surface area contributed by atoms with Crippen LogP contribution in [0, 0.1) is 10.1 Å². The van der Waals surface area contributed by atoms with Crippen molar-refractivity contribution in [3.05, 3.63) is 64.7 Å². The highest BCUT2D eigenvalue weighted by molar-refractivity contribution is 7.99. The van der Waals surface area contributed by atoms with Crippen LogP contribution < -0.4 is 4.72 Å². The molecule has 0 saturated heterocycles. The number of hydrogen-bond donors (Lipinski definition) is 1. The van der Waals surface area contributed by atoms with E-state index in [-0.39, 0.29) is 11.4 Å². The Labute approximate surface area is 139 Å². The van der Waals surface area contributed by atoms with Gasteiger partial charge < -0.3 is 0 Å². The van der Waals surface area contributed by atoms with E-state index in [2.05, 4.69) is 4.72 Å². The number of nitrogens with zero attached hydrogens (tertiary/aromatic N) is 1. The molecular formula is C15H16N2O4S2. The van der Waals surface area contributed by atoms with E-state index in [9.17, 15) is 18.5 Å². The molecule has 0 amide bonds. The van der Waals surface area contributed by atoms with E-state index >= 15 is 0 Å². The lowest BCUT2D eigenvalue weighted by molar-refractivity contribution is -0.387. The van der Waals surface area contributed by atoms with Gasteiger partial charge in [-0.1, -0.05) is 30.3 Å². The van der Waals surface area contributed by atoms with Gasteiger partial charge in [-0.05, 0) is 30.4 Å². The zero-order valence-electron chi connectivity index (χ0n) is 12.2. The first-order valence-electron chi connectivity index (χ1n) is 6.91. The highest BCUT2D eigenvalue weighted by atomic mass is 32.2. The number of thioether (sulfide) groups is 1. The zero-order valence-corrected chi connectivity index (χ0v) is 13.8. The van der Waals surface area contributed by atoms with E-state index in [1.807, 2.05) is 30.3 Å². The topological polar surface area (TPSA) is 89.3 Å². The van der Waals surface area contributed by atoms with Crippen molar-refractivity contribution in [1.82, 2.24) is 4.72 Å². The second-order valence-electron chi connectivity index (χ2n) is 4.64. The highest BCUT2D eigenvalue weighted by Gasteiger charge is 2.24. The molecule has 0 spiro atoms. The number of hydrogen-bond acceptors (Lipinski definition) is 5. The van der Waals surface area contributed by atoms with Crippen LogP contribution in [-0.4, -0.2) is 25.6 Å². The molecule has 0 aliphatic heterocycles. The number of nitro benzene ring substituents is 1. The fraction of sp³-hybridized carbons (Fsp3) is 0.200. The molecule has 0 bridgehead atoms. The number of para-hydroxylation sites is 1. The highest BCUT2D eigenvalue weighted by Crippen LogP contribution is 2.22. The standard InChI is InChI=1S/C15H16N2O4S2/c18-17(19)14-9-4-5-10-15(14)23(20,21)16-11-6-12-22-13-7-2-1-3-8-13/h1-5,7-10,16H,6,11-12H2. The second kappa shape index (κ2) is 8.09.